The molecule has 0 saturated carbocycles. The number of hydrogen-bond acceptors (Lipinski definition) is 4. The highest BCUT2D eigenvalue weighted by Gasteiger charge is 2.19. The second-order valence-corrected chi connectivity index (χ2v) is 7.00. The fraction of sp³-hybridized carbons (Fsp3) is 0. The van der Waals surface area contributed by atoms with Gasteiger partial charge in [0.25, 0.3) is 10.0 Å². The maximum Gasteiger partial charge on any atom is 0.263 e. The highest BCUT2D eigenvalue weighted by molar-refractivity contribution is 7.92. The predicted octanol–water partition coefficient (Wildman–Crippen LogP) is 3.36. The number of nitrogens with one attached hydrogen (secondary N) is 2. The summed E-state index contributed by atoms with van der Waals surface area (Å²) in [5.74, 6) is -0.849. The van der Waals surface area contributed by atoms with Crippen molar-refractivity contribution >= 4 is 15.7 Å². The van der Waals surface area contributed by atoms with E-state index in [1.54, 1.807) is 30.3 Å². The van der Waals surface area contributed by atoms with Gasteiger partial charge in [0.1, 0.15) is 10.7 Å². The summed E-state index contributed by atoms with van der Waals surface area (Å²) in [5, 5.41) is 17.9. The third-order valence-electron chi connectivity index (χ3n) is 3.65. The number of sulfonamides is 1. The lowest BCUT2D eigenvalue weighted by Gasteiger charge is -2.07. The zero-order valence-electron chi connectivity index (χ0n) is 13.2. The number of aromatic amines is 1. The maximum absolute atomic E-state index is 13.9. The minimum absolute atomic E-state index is 0.0856. The zero-order chi connectivity index (χ0) is 18.7. The molecule has 6 nitrogen and oxygen atoms in total. The third-order valence-corrected chi connectivity index (χ3v) is 4.99. The molecule has 2 N–H and O–H groups in total. The lowest BCUT2D eigenvalue weighted by Crippen LogP contribution is -2.13. The molecule has 2 aromatic carbocycles. The van der Waals surface area contributed by atoms with Crippen LogP contribution in [0.5, 0.6) is 0 Å². The van der Waals surface area contributed by atoms with Gasteiger partial charge in [-0.15, -0.1) is 0 Å². The second kappa shape index (κ2) is 6.71. The van der Waals surface area contributed by atoms with Crippen LogP contribution in [0.1, 0.15) is 11.1 Å². The Hall–Kier alpha value is -3.62. The molecular weight excluding hydrogens is 355 g/mol. The summed E-state index contributed by atoms with van der Waals surface area (Å²) in [4.78, 5) is 2.71. The number of anilines is 1. The number of benzene rings is 2. The van der Waals surface area contributed by atoms with Gasteiger partial charge in [-0.1, -0.05) is 18.2 Å². The SMILES string of the molecule is N#Cc1ccc(NS(=O)(=O)c2c[nH]c(-c3ccccc3C#N)c2)c(F)c1. The monoisotopic (exact) mass is 366 g/mol. The molecule has 0 unspecified atom stereocenters. The van der Waals surface area contributed by atoms with E-state index in [4.69, 9.17) is 10.5 Å². The Labute approximate surface area is 149 Å². The average molecular weight is 366 g/mol. The molecule has 3 rings (SSSR count). The fourth-order valence-electron chi connectivity index (χ4n) is 2.37. The van der Waals surface area contributed by atoms with Crippen LogP contribution in [0.2, 0.25) is 0 Å². The van der Waals surface area contributed by atoms with Crippen LogP contribution in [0.4, 0.5) is 10.1 Å². The molecule has 0 radical (unpaired) electrons. The Morgan fingerprint density at radius 3 is 2.50 bits per heavy atom. The number of nitriles is 2. The molecule has 26 heavy (non-hydrogen) atoms. The summed E-state index contributed by atoms with van der Waals surface area (Å²) in [6.45, 7) is 0. The Bertz CT molecular complexity index is 1170. The lowest BCUT2D eigenvalue weighted by molar-refractivity contribution is 0.598. The summed E-state index contributed by atoms with van der Waals surface area (Å²) in [7, 11) is -4.05. The van der Waals surface area contributed by atoms with Crippen LogP contribution in [-0.2, 0) is 10.0 Å². The molecule has 0 aliphatic rings. The van der Waals surface area contributed by atoms with Gasteiger partial charge < -0.3 is 4.98 Å². The molecule has 0 aliphatic carbocycles. The Kier molecular flexibility index (Phi) is 4.44. The number of aromatic nitrogens is 1. The largest absolute Gasteiger partial charge is 0.360 e. The number of rotatable bonds is 4. The standard InChI is InChI=1S/C18H11FN4O2S/c19-16-7-12(9-20)5-6-17(16)23-26(24,25)14-8-18(22-11-14)15-4-2-1-3-13(15)10-21/h1-8,11,22-23H. The molecule has 1 aromatic heterocycles. The Balaban J connectivity index is 1.94. The van der Waals surface area contributed by atoms with Crippen molar-refractivity contribution in [2.24, 2.45) is 0 Å². The van der Waals surface area contributed by atoms with Gasteiger partial charge in [-0.05, 0) is 30.3 Å². The molecule has 1 heterocycles. The van der Waals surface area contributed by atoms with Crippen LogP contribution in [0.25, 0.3) is 11.3 Å². The molecule has 0 amide bonds. The van der Waals surface area contributed by atoms with Gasteiger partial charge >= 0.3 is 0 Å². The minimum atomic E-state index is -4.05. The Morgan fingerprint density at radius 2 is 1.81 bits per heavy atom. The molecule has 0 bridgehead atoms. The van der Waals surface area contributed by atoms with Crippen LogP contribution in [0, 0.1) is 28.5 Å². The van der Waals surface area contributed by atoms with Crippen LogP contribution in [-0.4, -0.2) is 13.4 Å². The molecule has 0 saturated heterocycles. The number of nitrogens with zero attached hydrogens (tertiary/aromatic N) is 2. The van der Waals surface area contributed by atoms with E-state index in [-0.39, 0.29) is 16.1 Å². The zero-order valence-corrected chi connectivity index (χ0v) is 14.0. The summed E-state index contributed by atoms with van der Waals surface area (Å²) in [6.07, 6.45) is 1.26. The van der Waals surface area contributed by atoms with Gasteiger partial charge in [-0.2, -0.15) is 10.5 Å². The molecule has 0 aliphatic heterocycles. The van der Waals surface area contributed by atoms with E-state index < -0.39 is 15.8 Å². The van der Waals surface area contributed by atoms with E-state index in [2.05, 4.69) is 9.71 Å². The number of hydrogen-bond donors (Lipinski definition) is 2. The van der Waals surface area contributed by atoms with E-state index in [9.17, 15) is 12.8 Å². The van der Waals surface area contributed by atoms with Crippen LogP contribution >= 0.6 is 0 Å². The third kappa shape index (κ3) is 3.27. The fourth-order valence-corrected chi connectivity index (χ4v) is 3.43. The second-order valence-electron chi connectivity index (χ2n) is 5.32. The molecule has 3 aromatic rings. The summed E-state index contributed by atoms with van der Waals surface area (Å²) in [6, 6.07) is 15.4. The van der Waals surface area contributed by atoms with E-state index in [0.717, 1.165) is 6.07 Å². The molecular formula is C18H11FN4O2S. The highest BCUT2D eigenvalue weighted by atomic mass is 32.2. The first-order valence-electron chi connectivity index (χ1n) is 7.35. The van der Waals surface area contributed by atoms with Gasteiger partial charge in [-0.25, -0.2) is 12.8 Å². The predicted molar refractivity (Wildman–Crippen MR) is 92.9 cm³/mol. The van der Waals surface area contributed by atoms with Crippen molar-refractivity contribution in [1.29, 1.82) is 10.5 Å². The van der Waals surface area contributed by atoms with Crippen LogP contribution in [0.15, 0.2) is 59.6 Å². The van der Waals surface area contributed by atoms with E-state index in [0.29, 0.717) is 16.8 Å². The van der Waals surface area contributed by atoms with E-state index >= 15 is 0 Å². The van der Waals surface area contributed by atoms with Crippen molar-refractivity contribution < 1.29 is 12.8 Å². The van der Waals surface area contributed by atoms with Crippen molar-refractivity contribution in [2.45, 2.75) is 4.90 Å². The van der Waals surface area contributed by atoms with Crippen LogP contribution < -0.4 is 4.72 Å². The Morgan fingerprint density at radius 1 is 1.04 bits per heavy atom. The minimum Gasteiger partial charge on any atom is -0.360 e. The first-order chi connectivity index (χ1) is 12.4. The highest BCUT2D eigenvalue weighted by Crippen LogP contribution is 2.26. The first kappa shape index (κ1) is 17.2. The van der Waals surface area contributed by atoms with Gasteiger partial charge in [0.05, 0.1) is 29.0 Å². The van der Waals surface area contributed by atoms with Crippen LogP contribution in [0.3, 0.4) is 0 Å². The van der Waals surface area contributed by atoms with Gasteiger partial charge in [-0.3, -0.25) is 4.72 Å². The van der Waals surface area contributed by atoms with Gasteiger partial charge in [0.15, 0.2) is 0 Å². The number of H-pyrrole nitrogens is 1. The van der Waals surface area contributed by atoms with Gasteiger partial charge in [0.2, 0.25) is 0 Å². The molecule has 8 heteroatoms. The summed E-state index contributed by atoms with van der Waals surface area (Å²) >= 11 is 0. The maximum atomic E-state index is 13.9. The first-order valence-corrected chi connectivity index (χ1v) is 8.83. The average Bonchev–Trinajstić information content (AvgIpc) is 3.14. The quantitative estimate of drug-likeness (QED) is 0.737. The number of halogens is 1. The molecule has 0 atom stereocenters. The molecule has 0 fully saturated rings. The van der Waals surface area contributed by atoms with Gasteiger partial charge in [0, 0.05) is 17.5 Å². The lowest BCUT2D eigenvalue weighted by atomic mass is 10.1. The van der Waals surface area contributed by atoms with Crippen molar-refractivity contribution in [3.63, 3.8) is 0 Å². The van der Waals surface area contributed by atoms with Crippen molar-refractivity contribution in [2.75, 3.05) is 4.72 Å². The smallest absolute Gasteiger partial charge is 0.263 e. The van der Waals surface area contributed by atoms with Crippen molar-refractivity contribution in [3.8, 4) is 23.4 Å². The summed E-state index contributed by atoms with van der Waals surface area (Å²) in [5.41, 5.74) is 1.22. The topological polar surface area (TPSA) is 110 Å². The molecule has 128 valence electrons. The normalized spacial score (nSPS) is 10.7. The van der Waals surface area contributed by atoms with E-state index in [1.165, 1.54) is 24.4 Å². The molecule has 0 spiro atoms. The van der Waals surface area contributed by atoms with E-state index in [1.807, 2.05) is 6.07 Å². The summed E-state index contributed by atoms with van der Waals surface area (Å²) < 4.78 is 41.0. The van der Waals surface area contributed by atoms with Crippen molar-refractivity contribution in [1.82, 2.24) is 4.98 Å². The van der Waals surface area contributed by atoms with Crippen molar-refractivity contribution in [3.05, 3.63) is 71.7 Å².